The van der Waals surface area contributed by atoms with Gasteiger partial charge < -0.3 is 9.47 Å². The van der Waals surface area contributed by atoms with Crippen LogP contribution >= 0.6 is 0 Å². The van der Waals surface area contributed by atoms with E-state index in [2.05, 4.69) is 12.2 Å². The molecule has 3 nitrogen and oxygen atoms in total. The van der Waals surface area contributed by atoms with Crippen LogP contribution in [0.5, 0.6) is 0 Å². The van der Waals surface area contributed by atoms with E-state index in [4.69, 9.17) is 9.47 Å². The number of ether oxygens (including phenoxy) is 2. The maximum atomic E-state index is 12.0. The average Bonchev–Trinajstić information content (AvgIpc) is 3.09. The maximum Gasteiger partial charge on any atom is 0.182 e. The molecule has 1 heterocycles. The van der Waals surface area contributed by atoms with Crippen molar-refractivity contribution < 1.29 is 14.3 Å². The number of rotatable bonds is 3. The summed E-state index contributed by atoms with van der Waals surface area (Å²) in [5, 5.41) is 0. The van der Waals surface area contributed by atoms with Crippen molar-refractivity contribution >= 4 is 5.78 Å². The van der Waals surface area contributed by atoms with Gasteiger partial charge >= 0.3 is 0 Å². The molecule has 1 fully saturated rings. The van der Waals surface area contributed by atoms with E-state index in [1.165, 1.54) is 0 Å². The topological polar surface area (TPSA) is 35.5 Å². The second-order valence-corrected chi connectivity index (χ2v) is 5.38. The zero-order chi connectivity index (χ0) is 13.5. The van der Waals surface area contributed by atoms with Crippen LogP contribution in [0.3, 0.4) is 0 Å². The summed E-state index contributed by atoms with van der Waals surface area (Å²) < 4.78 is 12.0. The Morgan fingerprint density at radius 3 is 2.37 bits per heavy atom. The van der Waals surface area contributed by atoms with Crippen molar-refractivity contribution in [2.24, 2.45) is 0 Å². The smallest absolute Gasteiger partial charge is 0.182 e. The second-order valence-electron chi connectivity index (χ2n) is 5.38. The molecular weight excluding hydrogens is 240 g/mol. The van der Waals surface area contributed by atoms with E-state index in [1.54, 1.807) is 6.92 Å². The molecule has 3 aliphatic rings. The number of Topliss-reactive ketones (excluding diaryl/α,β-unsaturated/α-hetero) is 1. The average molecular weight is 258 g/mol. The van der Waals surface area contributed by atoms with Gasteiger partial charge in [-0.05, 0) is 37.8 Å². The van der Waals surface area contributed by atoms with Crippen molar-refractivity contribution in [3.05, 3.63) is 47.6 Å². The van der Waals surface area contributed by atoms with Gasteiger partial charge in [0, 0.05) is 0 Å². The molecule has 0 spiro atoms. The van der Waals surface area contributed by atoms with E-state index in [9.17, 15) is 4.79 Å². The van der Waals surface area contributed by atoms with Gasteiger partial charge in [-0.25, -0.2) is 0 Å². The zero-order valence-corrected chi connectivity index (χ0v) is 11.3. The van der Waals surface area contributed by atoms with Crippen LogP contribution in [0, 0.1) is 0 Å². The largest absolute Gasteiger partial charge is 0.337 e. The monoisotopic (exact) mass is 258 g/mol. The Kier molecular flexibility index (Phi) is 3.03. The molecule has 1 saturated heterocycles. The van der Waals surface area contributed by atoms with Crippen LogP contribution in [0.2, 0.25) is 0 Å². The Morgan fingerprint density at radius 2 is 1.84 bits per heavy atom. The molecule has 0 aromatic carbocycles. The number of ketones is 1. The third-order valence-electron chi connectivity index (χ3n) is 4.05. The van der Waals surface area contributed by atoms with E-state index in [0.29, 0.717) is 0 Å². The van der Waals surface area contributed by atoms with Gasteiger partial charge in [-0.1, -0.05) is 36.5 Å². The van der Waals surface area contributed by atoms with Crippen LogP contribution < -0.4 is 0 Å². The first-order valence-corrected chi connectivity index (χ1v) is 6.67. The molecule has 1 aliphatic heterocycles. The molecule has 0 N–H and O–H groups in total. The van der Waals surface area contributed by atoms with Crippen LogP contribution in [0.1, 0.15) is 26.7 Å². The summed E-state index contributed by atoms with van der Waals surface area (Å²) in [5.41, 5.74) is 1.32. The van der Waals surface area contributed by atoms with Gasteiger partial charge in [0.15, 0.2) is 17.7 Å². The number of allylic oxidation sites excluding steroid dienone is 6. The molecule has 100 valence electrons. The maximum absolute atomic E-state index is 12.0. The standard InChI is InChI=1S/C16H18O3/c1-11(17)16(2)14(12-7-3-4-8-12)18-15(19-16)13-9-5-6-10-13/h3-7,9,14-15H,8,10H2,1-2H3. The third-order valence-corrected chi connectivity index (χ3v) is 4.05. The second kappa shape index (κ2) is 4.58. The van der Waals surface area contributed by atoms with Crippen molar-refractivity contribution in [3.63, 3.8) is 0 Å². The molecule has 3 atom stereocenters. The van der Waals surface area contributed by atoms with Gasteiger partial charge in [0.1, 0.15) is 6.10 Å². The Balaban J connectivity index is 1.86. The fourth-order valence-electron chi connectivity index (χ4n) is 2.73. The van der Waals surface area contributed by atoms with E-state index in [1.807, 2.05) is 31.2 Å². The molecule has 0 radical (unpaired) electrons. The molecule has 0 bridgehead atoms. The van der Waals surface area contributed by atoms with Gasteiger partial charge in [0.25, 0.3) is 0 Å². The van der Waals surface area contributed by atoms with Gasteiger partial charge in [0.2, 0.25) is 0 Å². The quantitative estimate of drug-likeness (QED) is 0.781. The molecule has 0 saturated carbocycles. The SMILES string of the molecule is CC(=O)C1(C)OC(C2=CC=CC2)OC1C1=CC=CC1. The molecular formula is C16H18O3. The minimum atomic E-state index is -0.883. The Hall–Kier alpha value is -1.45. The zero-order valence-electron chi connectivity index (χ0n) is 11.3. The number of hydrogen-bond donors (Lipinski definition) is 0. The molecule has 3 rings (SSSR count). The predicted octanol–water partition coefficient (Wildman–Crippen LogP) is 2.85. The first-order valence-electron chi connectivity index (χ1n) is 6.67. The van der Waals surface area contributed by atoms with Crippen LogP contribution in [0.25, 0.3) is 0 Å². The summed E-state index contributed by atoms with van der Waals surface area (Å²) in [6.45, 7) is 3.41. The highest BCUT2D eigenvalue weighted by Gasteiger charge is 2.51. The first kappa shape index (κ1) is 12.6. The Bertz CT molecular complexity index is 524. The fourth-order valence-corrected chi connectivity index (χ4v) is 2.73. The van der Waals surface area contributed by atoms with E-state index < -0.39 is 11.9 Å². The van der Waals surface area contributed by atoms with Crippen LogP contribution in [0.4, 0.5) is 0 Å². The molecule has 3 unspecified atom stereocenters. The van der Waals surface area contributed by atoms with Gasteiger partial charge in [0.05, 0.1) is 0 Å². The molecule has 0 amide bonds. The van der Waals surface area contributed by atoms with Crippen molar-refractivity contribution in [2.45, 2.75) is 44.7 Å². The summed E-state index contributed by atoms with van der Waals surface area (Å²) >= 11 is 0. The van der Waals surface area contributed by atoms with Crippen molar-refractivity contribution in [1.29, 1.82) is 0 Å². The summed E-state index contributed by atoms with van der Waals surface area (Å²) in [5.74, 6) is 0.0133. The van der Waals surface area contributed by atoms with Crippen molar-refractivity contribution in [1.82, 2.24) is 0 Å². The lowest BCUT2D eigenvalue weighted by Crippen LogP contribution is -2.44. The summed E-state index contributed by atoms with van der Waals surface area (Å²) in [7, 11) is 0. The third kappa shape index (κ3) is 2.03. The molecule has 19 heavy (non-hydrogen) atoms. The molecule has 0 aromatic heterocycles. The lowest BCUT2D eigenvalue weighted by atomic mass is 9.89. The highest BCUT2D eigenvalue weighted by molar-refractivity contribution is 5.86. The number of hydrogen-bond acceptors (Lipinski definition) is 3. The van der Waals surface area contributed by atoms with Gasteiger partial charge in [-0.15, -0.1) is 0 Å². The van der Waals surface area contributed by atoms with Crippen LogP contribution in [-0.2, 0) is 14.3 Å². The lowest BCUT2D eigenvalue weighted by molar-refractivity contribution is -0.138. The Labute approximate surface area is 113 Å². The van der Waals surface area contributed by atoms with Crippen molar-refractivity contribution in [3.8, 4) is 0 Å². The number of carbonyl (C=O) groups excluding carboxylic acids is 1. The molecule has 0 aromatic rings. The number of carbonyl (C=O) groups is 1. The Morgan fingerprint density at radius 1 is 1.21 bits per heavy atom. The van der Waals surface area contributed by atoms with Crippen LogP contribution in [0.15, 0.2) is 47.6 Å². The van der Waals surface area contributed by atoms with Crippen molar-refractivity contribution in [2.75, 3.05) is 0 Å². The normalized spacial score (nSPS) is 36.7. The van der Waals surface area contributed by atoms with Gasteiger partial charge in [-0.3, -0.25) is 4.79 Å². The van der Waals surface area contributed by atoms with Crippen LogP contribution in [-0.4, -0.2) is 23.8 Å². The van der Waals surface area contributed by atoms with E-state index in [0.717, 1.165) is 24.0 Å². The molecule has 3 heteroatoms. The predicted molar refractivity (Wildman–Crippen MR) is 72.5 cm³/mol. The fraction of sp³-hybridized carbons (Fsp3) is 0.438. The highest BCUT2D eigenvalue weighted by atomic mass is 16.7. The minimum absolute atomic E-state index is 0.0133. The van der Waals surface area contributed by atoms with E-state index >= 15 is 0 Å². The molecule has 2 aliphatic carbocycles. The summed E-state index contributed by atoms with van der Waals surface area (Å²) in [4.78, 5) is 12.0. The van der Waals surface area contributed by atoms with E-state index in [-0.39, 0.29) is 11.9 Å². The van der Waals surface area contributed by atoms with Gasteiger partial charge in [-0.2, -0.15) is 0 Å². The highest BCUT2D eigenvalue weighted by Crippen LogP contribution is 2.40. The summed E-state index contributed by atoms with van der Waals surface area (Å²) in [6.07, 6.45) is 13.2. The lowest BCUT2D eigenvalue weighted by Gasteiger charge is -2.26. The minimum Gasteiger partial charge on any atom is -0.337 e. The first-order chi connectivity index (χ1) is 9.11. The summed E-state index contributed by atoms with van der Waals surface area (Å²) in [6, 6.07) is 0.